The predicted octanol–water partition coefficient (Wildman–Crippen LogP) is 7.22. The van der Waals surface area contributed by atoms with Gasteiger partial charge < -0.3 is 10.1 Å². The van der Waals surface area contributed by atoms with Crippen molar-refractivity contribution >= 4 is 50.3 Å². The van der Waals surface area contributed by atoms with Crippen molar-refractivity contribution in [2.45, 2.75) is 18.5 Å². The molecule has 0 aromatic heterocycles. The number of hydrogen-bond donors (Lipinski definition) is 1. The standard InChI is InChI=1S/C15H5BrClF8N3O5/c16-6-3-7(17)8(4-11(6)33-15(24,25)14(21,22)23)26-12-9(27(29)30)1-5(13(18,19)20)2-10(12)28(31)32/h1-4,26H. The van der Waals surface area contributed by atoms with Crippen molar-refractivity contribution in [3.8, 4) is 5.75 Å². The molecule has 0 heterocycles. The number of halogens is 10. The van der Waals surface area contributed by atoms with Crippen LogP contribution in [0.15, 0.2) is 28.7 Å². The largest absolute Gasteiger partial charge is 0.499 e. The molecular formula is C15H5BrClF8N3O5. The Morgan fingerprint density at radius 2 is 1.39 bits per heavy atom. The SMILES string of the molecule is O=[N+]([O-])c1cc(C(F)(F)F)cc([N+](=O)[O-])c1Nc1cc(OC(F)(F)C(F)(F)F)c(Br)cc1Cl. The maximum atomic E-state index is 13.2. The molecule has 0 aliphatic rings. The molecule has 0 saturated carbocycles. The number of nitrogens with one attached hydrogen (secondary N) is 1. The fourth-order valence-electron chi connectivity index (χ4n) is 2.23. The summed E-state index contributed by atoms with van der Waals surface area (Å²) in [5.74, 6) is -1.21. The van der Waals surface area contributed by atoms with Gasteiger partial charge in [0.2, 0.25) is 0 Å². The van der Waals surface area contributed by atoms with Gasteiger partial charge in [-0.2, -0.15) is 35.1 Å². The second kappa shape index (κ2) is 8.77. The van der Waals surface area contributed by atoms with Gasteiger partial charge in [0.1, 0.15) is 5.75 Å². The van der Waals surface area contributed by atoms with Gasteiger partial charge in [-0.15, -0.1) is 0 Å². The minimum atomic E-state index is -6.15. The summed E-state index contributed by atoms with van der Waals surface area (Å²) in [6.45, 7) is 0. The number of hydrogen-bond acceptors (Lipinski definition) is 6. The first-order valence-electron chi connectivity index (χ1n) is 7.78. The van der Waals surface area contributed by atoms with E-state index >= 15 is 0 Å². The Kier molecular flexibility index (Phi) is 6.99. The Hall–Kier alpha value is -2.95. The van der Waals surface area contributed by atoms with Crippen LogP contribution in [0.1, 0.15) is 5.56 Å². The number of benzene rings is 2. The van der Waals surface area contributed by atoms with E-state index in [0.29, 0.717) is 12.1 Å². The molecule has 18 heteroatoms. The molecular weight excluding hydrogens is 570 g/mol. The van der Waals surface area contributed by atoms with Gasteiger partial charge in [0, 0.05) is 18.2 Å². The zero-order valence-corrected chi connectivity index (χ0v) is 17.4. The van der Waals surface area contributed by atoms with Gasteiger partial charge in [0.15, 0.2) is 5.69 Å². The molecule has 180 valence electrons. The van der Waals surface area contributed by atoms with Crippen molar-refractivity contribution in [3.05, 3.63) is 59.6 Å². The van der Waals surface area contributed by atoms with Crippen LogP contribution < -0.4 is 10.1 Å². The van der Waals surface area contributed by atoms with Crippen LogP contribution >= 0.6 is 27.5 Å². The third-order valence-corrected chi connectivity index (χ3v) is 4.60. The molecule has 0 radical (unpaired) electrons. The smallest absolute Gasteiger partial charge is 0.424 e. The van der Waals surface area contributed by atoms with Gasteiger partial charge in [0.05, 0.1) is 30.6 Å². The monoisotopic (exact) mass is 573 g/mol. The Morgan fingerprint density at radius 3 is 1.79 bits per heavy atom. The highest BCUT2D eigenvalue weighted by Gasteiger charge is 2.61. The van der Waals surface area contributed by atoms with Crippen LogP contribution in [-0.2, 0) is 6.18 Å². The molecule has 2 aromatic rings. The van der Waals surface area contributed by atoms with Crippen LogP contribution in [0.5, 0.6) is 5.75 Å². The van der Waals surface area contributed by atoms with Crippen molar-refractivity contribution in [1.82, 2.24) is 0 Å². The predicted molar refractivity (Wildman–Crippen MR) is 98.8 cm³/mol. The highest BCUT2D eigenvalue weighted by molar-refractivity contribution is 9.10. The molecule has 0 aliphatic heterocycles. The van der Waals surface area contributed by atoms with Crippen molar-refractivity contribution in [1.29, 1.82) is 0 Å². The quantitative estimate of drug-likeness (QED) is 0.222. The van der Waals surface area contributed by atoms with Crippen molar-refractivity contribution < 1.29 is 49.7 Å². The molecule has 0 aliphatic carbocycles. The number of rotatable bonds is 6. The lowest BCUT2D eigenvalue weighted by Gasteiger charge is -2.21. The van der Waals surface area contributed by atoms with Crippen LogP contribution in [0.25, 0.3) is 0 Å². The highest BCUT2D eigenvalue weighted by Crippen LogP contribution is 2.46. The van der Waals surface area contributed by atoms with E-state index in [1.54, 1.807) is 0 Å². The van der Waals surface area contributed by atoms with E-state index < -0.39 is 71.9 Å². The lowest BCUT2D eigenvalue weighted by atomic mass is 10.1. The van der Waals surface area contributed by atoms with Crippen LogP contribution in [0.3, 0.4) is 0 Å². The minimum Gasteiger partial charge on any atom is -0.424 e. The number of nitro groups is 2. The lowest BCUT2D eigenvalue weighted by Crippen LogP contribution is -2.41. The van der Waals surface area contributed by atoms with E-state index in [1.165, 1.54) is 0 Å². The molecule has 33 heavy (non-hydrogen) atoms. The van der Waals surface area contributed by atoms with E-state index in [2.05, 4.69) is 20.7 Å². The fraction of sp³-hybridized carbons (Fsp3) is 0.200. The van der Waals surface area contributed by atoms with Crippen LogP contribution in [0, 0.1) is 20.2 Å². The second-order valence-corrected chi connectivity index (χ2v) is 7.17. The summed E-state index contributed by atoms with van der Waals surface area (Å²) < 4.78 is 106. The maximum absolute atomic E-state index is 13.2. The van der Waals surface area contributed by atoms with E-state index in [1.807, 2.05) is 5.32 Å². The summed E-state index contributed by atoms with van der Waals surface area (Å²) in [7, 11) is 0. The molecule has 0 atom stereocenters. The minimum absolute atomic E-state index is 0.0443. The van der Waals surface area contributed by atoms with Crippen molar-refractivity contribution in [3.63, 3.8) is 0 Å². The van der Waals surface area contributed by atoms with E-state index in [9.17, 15) is 55.4 Å². The summed E-state index contributed by atoms with van der Waals surface area (Å²) in [5, 5.41) is 23.9. The topological polar surface area (TPSA) is 108 Å². The first-order chi connectivity index (χ1) is 14.8. The zero-order valence-electron chi connectivity index (χ0n) is 15.0. The van der Waals surface area contributed by atoms with Gasteiger partial charge in [0.25, 0.3) is 11.4 Å². The average molecular weight is 575 g/mol. The number of alkyl halides is 8. The van der Waals surface area contributed by atoms with E-state index in [0.717, 1.165) is 0 Å². The number of nitrogens with zero attached hydrogens (tertiary/aromatic N) is 2. The molecule has 0 spiro atoms. The second-order valence-electron chi connectivity index (χ2n) is 5.91. The average Bonchev–Trinajstić information content (AvgIpc) is 2.63. The zero-order chi connectivity index (χ0) is 25.5. The fourth-order valence-corrected chi connectivity index (χ4v) is 2.99. The summed E-state index contributed by atoms with van der Waals surface area (Å²) in [4.78, 5) is 19.7. The molecule has 2 aromatic carbocycles. The number of ether oxygens (including phenoxy) is 1. The summed E-state index contributed by atoms with van der Waals surface area (Å²) >= 11 is 8.42. The maximum Gasteiger partial charge on any atom is 0.499 e. The van der Waals surface area contributed by atoms with E-state index in [-0.39, 0.29) is 12.1 Å². The molecule has 1 N–H and O–H groups in total. The number of anilines is 2. The van der Waals surface area contributed by atoms with E-state index in [4.69, 9.17) is 11.6 Å². The van der Waals surface area contributed by atoms with Crippen LogP contribution in [-0.4, -0.2) is 22.1 Å². The molecule has 8 nitrogen and oxygen atoms in total. The molecule has 2 rings (SSSR count). The third kappa shape index (κ3) is 5.70. The molecule has 0 bridgehead atoms. The lowest BCUT2D eigenvalue weighted by molar-refractivity contribution is -0.392. The van der Waals surface area contributed by atoms with Crippen molar-refractivity contribution in [2.75, 3.05) is 5.32 Å². The Bertz CT molecular complexity index is 1090. The number of nitro benzene ring substituents is 2. The Balaban J connectivity index is 2.67. The molecule has 0 fully saturated rings. The molecule has 0 amide bonds. The van der Waals surface area contributed by atoms with Gasteiger partial charge in [-0.05, 0) is 22.0 Å². The Morgan fingerprint density at radius 1 is 0.909 bits per heavy atom. The molecule has 0 unspecified atom stereocenters. The first-order valence-corrected chi connectivity index (χ1v) is 8.96. The summed E-state index contributed by atoms with van der Waals surface area (Å²) in [6.07, 6.45) is -17.1. The van der Waals surface area contributed by atoms with Crippen molar-refractivity contribution in [2.24, 2.45) is 0 Å². The summed E-state index contributed by atoms with van der Waals surface area (Å²) in [6, 6.07) is 0.985. The molecule has 0 saturated heterocycles. The first kappa shape index (κ1) is 26.3. The van der Waals surface area contributed by atoms with Gasteiger partial charge in [-0.1, -0.05) is 11.6 Å². The highest BCUT2D eigenvalue weighted by atomic mass is 79.9. The van der Waals surface area contributed by atoms with Gasteiger partial charge in [-0.3, -0.25) is 20.2 Å². The van der Waals surface area contributed by atoms with Crippen LogP contribution in [0.2, 0.25) is 5.02 Å². The van der Waals surface area contributed by atoms with Gasteiger partial charge in [-0.25, -0.2) is 0 Å². The third-order valence-electron chi connectivity index (χ3n) is 3.67. The Labute approximate surface area is 189 Å². The normalized spacial score (nSPS) is 12.4. The van der Waals surface area contributed by atoms with Crippen LogP contribution in [0.4, 0.5) is 57.9 Å². The van der Waals surface area contributed by atoms with Gasteiger partial charge >= 0.3 is 18.5 Å². The summed E-state index contributed by atoms with van der Waals surface area (Å²) in [5.41, 5.74) is -6.56.